The molecule has 2 N–H and O–H groups in total. The first-order valence-electron chi connectivity index (χ1n) is 6.77. The van der Waals surface area contributed by atoms with Gasteiger partial charge in [0.25, 0.3) is 0 Å². The first kappa shape index (κ1) is 15.7. The maximum atomic E-state index is 5.40. The Morgan fingerprint density at radius 1 is 1.11 bits per heavy atom. The number of hydrogen-bond acceptors (Lipinski definition) is 5. The summed E-state index contributed by atoms with van der Waals surface area (Å²) in [4.78, 5) is 8.90. The number of nitrogens with one attached hydrogen (secondary N) is 2. The summed E-state index contributed by atoms with van der Waals surface area (Å²) in [5.74, 6) is 2.55. The van der Waals surface area contributed by atoms with Gasteiger partial charge in [0, 0.05) is 25.8 Å². The fourth-order valence-electron chi connectivity index (χ4n) is 1.58. The maximum Gasteiger partial charge on any atom is 0.134 e. The van der Waals surface area contributed by atoms with Crippen molar-refractivity contribution in [3.8, 4) is 0 Å². The second kappa shape index (κ2) is 6.70. The van der Waals surface area contributed by atoms with Crippen molar-refractivity contribution in [2.45, 2.75) is 46.6 Å². The molecule has 0 bridgehead atoms. The number of methoxy groups -OCH3 is 1. The van der Waals surface area contributed by atoms with E-state index in [0.717, 1.165) is 36.0 Å². The molecule has 0 unspecified atom stereocenters. The van der Waals surface area contributed by atoms with Gasteiger partial charge in [-0.3, -0.25) is 0 Å². The van der Waals surface area contributed by atoms with Crippen LogP contribution >= 0.6 is 0 Å². The molecule has 1 aromatic rings. The van der Waals surface area contributed by atoms with Crippen molar-refractivity contribution in [1.29, 1.82) is 0 Å². The average molecular weight is 266 g/mol. The van der Waals surface area contributed by atoms with Crippen LogP contribution in [0.3, 0.4) is 0 Å². The highest BCUT2D eigenvalue weighted by Gasteiger charge is 2.17. The fraction of sp³-hybridized carbons (Fsp3) is 0.714. The molecule has 0 aliphatic carbocycles. The number of anilines is 2. The molecular formula is C14H26N4O. The molecule has 5 nitrogen and oxygen atoms in total. The third kappa shape index (κ3) is 4.67. The quantitative estimate of drug-likeness (QED) is 0.794. The summed E-state index contributed by atoms with van der Waals surface area (Å²) in [5, 5.41) is 6.68. The molecule has 1 rings (SSSR count). The predicted molar refractivity (Wildman–Crippen MR) is 79.9 cm³/mol. The molecule has 0 saturated carbocycles. The molecule has 0 atom stereocenters. The van der Waals surface area contributed by atoms with Crippen LogP contribution in [0.2, 0.25) is 0 Å². The minimum absolute atomic E-state index is 0.220. The molecule has 0 fully saturated rings. The van der Waals surface area contributed by atoms with Crippen LogP contribution in [0.1, 0.15) is 38.6 Å². The summed E-state index contributed by atoms with van der Waals surface area (Å²) in [7, 11) is 1.72. The third-order valence-electron chi connectivity index (χ3n) is 3.03. The first-order chi connectivity index (χ1) is 8.89. The molecule has 19 heavy (non-hydrogen) atoms. The summed E-state index contributed by atoms with van der Waals surface area (Å²) >= 11 is 0. The third-order valence-corrected chi connectivity index (χ3v) is 3.03. The Balaban J connectivity index is 2.85. The highest BCUT2D eigenvalue weighted by molar-refractivity contribution is 5.57. The summed E-state index contributed by atoms with van der Waals surface area (Å²) in [6.07, 6.45) is 1.07. The zero-order valence-electron chi connectivity index (χ0n) is 12.9. The number of rotatable bonds is 7. The molecule has 0 saturated heterocycles. The van der Waals surface area contributed by atoms with Crippen molar-refractivity contribution in [2.75, 3.05) is 30.8 Å². The Bertz CT molecular complexity index is 418. The Labute approximate surface area is 116 Å². The van der Waals surface area contributed by atoms with Crippen molar-refractivity contribution < 1.29 is 4.74 Å². The molecule has 1 heterocycles. The standard InChI is InChI=1S/C14H26N4O/c1-7-8-15-12-10(2)13(18-11(3)17-12)16-9-14(4,5)19-6/h7-9H2,1-6H3,(H2,15,16,17,18). The van der Waals surface area contributed by atoms with Crippen molar-refractivity contribution in [3.63, 3.8) is 0 Å². The number of nitrogens with zero attached hydrogens (tertiary/aromatic N) is 2. The second-order valence-corrected chi connectivity index (χ2v) is 5.34. The molecular weight excluding hydrogens is 240 g/mol. The summed E-state index contributed by atoms with van der Waals surface area (Å²) in [5.41, 5.74) is 0.827. The second-order valence-electron chi connectivity index (χ2n) is 5.34. The lowest BCUT2D eigenvalue weighted by Gasteiger charge is -2.24. The van der Waals surface area contributed by atoms with Gasteiger partial charge in [-0.2, -0.15) is 0 Å². The van der Waals surface area contributed by atoms with E-state index in [-0.39, 0.29) is 5.60 Å². The number of ether oxygens (including phenoxy) is 1. The minimum Gasteiger partial charge on any atom is -0.377 e. The van der Waals surface area contributed by atoms with E-state index in [1.54, 1.807) is 7.11 Å². The van der Waals surface area contributed by atoms with E-state index in [0.29, 0.717) is 6.54 Å². The molecule has 5 heteroatoms. The van der Waals surface area contributed by atoms with E-state index in [9.17, 15) is 0 Å². The number of aromatic nitrogens is 2. The monoisotopic (exact) mass is 266 g/mol. The van der Waals surface area contributed by atoms with Crippen LogP contribution in [0.5, 0.6) is 0 Å². The smallest absolute Gasteiger partial charge is 0.134 e. The van der Waals surface area contributed by atoms with Crippen LogP contribution in [0.25, 0.3) is 0 Å². The van der Waals surface area contributed by atoms with E-state index in [1.807, 2.05) is 27.7 Å². The topological polar surface area (TPSA) is 59.1 Å². The zero-order chi connectivity index (χ0) is 14.5. The van der Waals surface area contributed by atoms with Crippen molar-refractivity contribution in [3.05, 3.63) is 11.4 Å². The maximum absolute atomic E-state index is 5.40. The van der Waals surface area contributed by atoms with Gasteiger partial charge in [-0.15, -0.1) is 0 Å². The molecule has 0 radical (unpaired) electrons. The molecule has 0 aliphatic rings. The fourth-order valence-corrected chi connectivity index (χ4v) is 1.58. The predicted octanol–water partition coefficient (Wildman–Crippen LogP) is 2.75. The van der Waals surface area contributed by atoms with Crippen LogP contribution < -0.4 is 10.6 Å². The summed E-state index contributed by atoms with van der Waals surface area (Å²) in [6.45, 7) is 11.8. The molecule has 0 aromatic carbocycles. The van der Waals surface area contributed by atoms with Crippen LogP contribution in [0.4, 0.5) is 11.6 Å². The molecule has 0 aliphatic heterocycles. The lowest BCUT2D eigenvalue weighted by molar-refractivity contribution is 0.0343. The zero-order valence-corrected chi connectivity index (χ0v) is 12.9. The van der Waals surface area contributed by atoms with E-state index < -0.39 is 0 Å². The summed E-state index contributed by atoms with van der Waals surface area (Å²) in [6, 6.07) is 0. The molecule has 108 valence electrons. The van der Waals surface area contributed by atoms with Crippen LogP contribution in [-0.4, -0.2) is 35.8 Å². The van der Waals surface area contributed by atoms with E-state index in [1.165, 1.54) is 0 Å². The van der Waals surface area contributed by atoms with Gasteiger partial charge in [-0.25, -0.2) is 9.97 Å². The Morgan fingerprint density at radius 2 is 1.68 bits per heavy atom. The highest BCUT2D eigenvalue weighted by atomic mass is 16.5. The van der Waals surface area contributed by atoms with Gasteiger partial charge in [0.1, 0.15) is 17.5 Å². The van der Waals surface area contributed by atoms with Crippen molar-refractivity contribution in [1.82, 2.24) is 9.97 Å². The van der Waals surface area contributed by atoms with Gasteiger partial charge in [-0.1, -0.05) is 6.92 Å². The number of hydrogen-bond donors (Lipinski definition) is 2. The minimum atomic E-state index is -0.220. The van der Waals surface area contributed by atoms with Gasteiger partial charge in [0.15, 0.2) is 0 Å². The Kier molecular flexibility index (Phi) is 5.54. The van der Waals surface area contributed by atoms with Gasteiger partial charge >= 0.3 is 0 Å². The molecule has 0 amide bonds. The van der Waals surface area contributed by atoms with Gasteiger partial charge in [0.05, 0.1) is 5.60 Å². The van der Waals surface area contributed by atoms with Crippen LogP contribution in [0, 0.1) is 13.8 Å². The largest absolute Gasteiger partial charge is 0.377 e. The lowest BCUT2D eigenvalue weighted by Crippen LogP contribution is -2.32. The van der Waals surface area contributed by atoms with Gasteiger partial charge < -0.3 is 15.4 Å². The van der Waals surface area contributed by atoms with Gasteiger partial charge in [0.2, 0.25) is 0 Å². The normalized spacial score (nSPS) is 11.5. The Morgan fingerprint density at radius 3 is 2.21 bits per heavy atom. The highest BCUT2D eigenvalue weighted by Crippen LogP contribution is 2.21. The average Bonchev–Trinajstić information content (AvgIpc) is 2.37. The number of aryl methyl sites for hydroxylation is 1. The van der Waals surface area contributed by atoms with E-state index in [4.69, 9.17) is 4.74 Å². The Hall–Kier alpha value is -1.36. The lowest BCUT2D eigenvalue weighted by atomic mass is 10.1. The van der Waals surface area contributed by atoms with Crippen molar-refractivity contribution >= 4 is 11.6 Å². The van der Waals surface area contributed by atoms with Crippen LogP contribution in [-0.2, 0) is 4.74 Å². The molecule has 0 spiro atoms. The SMILES string of the molecule is CCCNc1nc(C)nc(NCC(C)(C)OC)c1C. The van der Waals surface area contributed by atoms with Crippen molar-refractivity contribution in [2.24, 2.45) is 0 Å². The summed E-state index contributed by atoms with van der Waals surface area (Å²) < 4.78 is 5.40. The van der Waals surface area contributed by atoms with Crippen LogP contribution in [0.15, 0.2) is 0 Å². The first-order valence-corrected chi connectivity index (χ1v) is 6.77. The molecule has 1 aromatic heterocycles. The van der Waals surface area contributed by atoms with Gasteiger partial charge in [-0.05, 0) is 34.1 Å². The van der Waals surface area contributed by atoms with E-state index >= 15 is 0 Å². The van der Waals surface area contributed by atoms with E-state index in [2.05, 4.69) is 27.5 Å².